The largest absolute Gasteiger partial charge is 0.399 e. The van der Waals surface area contributed by atoms with Gasteiger partial charge in [-0.05, 0) is 54.4 Å². The molecule has 0 aliphatic heterocycles. The lowest BCUT2D eigenvalue weighted by atomic mass is 10.1. The molecule has 0 aromatic heterocycles. The zero-order chi connectivity index (χ0) is 19.1. The average Bonchev–Trinajstić information content (AvgIpc) is 2.68. The number of benzene rings is 3. The van der Waals surface area contributed by atoms with Crippen molar-refractivity contribution in [2.24, 2.45) is 0 Å². The van der Waals surface area contributed by atoms with E-state index in [2.05, 4.69) is 10.6 Å². The van der Waals surface area contributed by atoms with Gasteiger partial charge in [-0.2, -0.15) is 0 Å². The van der Waals surface area contributed by atoms with Gasteiger partial charge in [0.05, 0.1) is 0 Å². The van der Waals surface area contributed by atoms with Crippen LogP contribution >= 0.6 is 0 Å². The summed E-state index contributed by atoms with van der Waals surface area (Å²) in [6, 6.07) is 23.6. The molecule has 0 fully saturated rings. The van der Waals surface area contributed by atoms with Crippen LogP contribution in [0, 0.1) is 0 Å². The molecule has 0 saturated heterocycles. The average molecular weight is 359 g/mol. The van der Waals surface area contributed by atoms with E-state index in [1.165, 1.54) is 0 Å². The topological polar surface area (TPSA) is 84.2 Å². The molecule has 3 aromatic rings. The van der Waals surface area contributed by atoms with E-state index in [0.717, 1.165) is 5.56 Å². The number of carbonyl (C=O) groups excluding carboxylic acids is 2. The van der Waals surface area contributed by atoms with Gasteiger partial charge in [-0.15, -0.1) is 0 Å². The smallest absolute Gasteiger partial charge is 0.255 e. The summed E-state index contributed by atoms with van der Waals surface area (Å²) in [5.41, 5.74) is 9.27. The van der Waals surface area contributed by atoms with Gasteiger partial charge in [-0.1, -0.05) is 36.4 Å². The van der Waals surface area contributed by atoms with Crippen LogP contribution in [-0.2, 0) is 11.2 Å². The van der Waals surface area contributed by atoms with Gasteiger partial charge in [-0.25, -0.2) is 0 Å². The molecule has 0 bridgehead atoms. The van der Waals surface area contributed by atoms with Crippen LogP contribution in [0.15, 0.2) is 78.9 Å². The van der Waals surface area contributed by atoms with Gasteiger partial charge in [0.2, 0.25) is 5.91 Å². The summed E-state index contributed by atoms with van der Waals surface area (Å²) >= 11 is 0. The molecule has 0 aliphatic carbocycles. The number of nitrogen functional groups attached to an aromatic ring is 1. The number of nitrogens with one attached hydrogen (secondary N) is 2. The summed E-state index contributed by atoms with van der Waals surface area (Å²) in [6.07, 6.45) is 1.00. The zero-order valence-electron chi connectivity index (χ0n) is 14.8. The fourth-order valence-electron chi connectivity index (χ4n) is 2.63. The first-order valence-electron chi connectivity index (χ1n) is 8.71. The normalized spacial score (nSPS) is 10.2. The minimum Gasteiger partial charge on any atom is -0.399 e. The van der Waals surface area contributed by atoms with E-state index < -0.39 is 0 Å². The minimum atomic E-state index is -0.192. The second-order valence-electron chi connectivity index (χ2n) is 6.19. The van der Waals surface area contributed by atoms with E-state index in [1.54, 1.807) is 36.4 Å². The molecule has 4 N–H and O–H groups in total. The summed E-state index contributed by atoms with van der Waals surface area (Å²) < 4.78 is 0. The highest BCUT2D eigenvalue weighted by atomic mass is 16.2. The first kappa shape index (κ1) is 18.2. The Hall–Kier alpha value is -3.60. The SMILES string of the molecule is Nc1ccc(CCC(=O)Nc2cccc(NC(=O)c3ccccc3)c2)cc1. The van der Waals surface area contributed by atoms with Crippen molar-refractivity contribution in [3.63, 3.8) is 0 Å². The molecular weight excluding hydrogens is 338 g/mol. The molecule has 5 nitrogen and oxygen atoms in total. The van der Waals surface area contributed by atoms with Crippen molar-refractivity contribution in [2.75, 3.05) is 16.4 Å². The molecule has 3 aromatic carbocycles. The quantitative estimate of drug-likeness (QED) is 0.580. The van der Waals surface area contributed by atoms with Crippen LogP contribution in [0.3, 0.4) is 0 Å². The lowest BCUT2D eigenvalue weighted by molar-refractivity contribution is -0.116. The molecule has 0 atom stereocenters. The van der Waals surface area contributed by atoms with Crippen LogP contribution < -0.4 is 16.4 Å². The number of carbonyl (C=O) groups is 2. The summed E-state index contributed by atoms with van der Waals surface area (Å²) in [5, 5.41) is 5.69. The summed E-state index contributed by atoms with van der Waals surface area (Å²) in [7, 11) is 0. The molecule has 0 radical (unpaired) electrons. The van der Waals surface area contributed by atoms with E-state index in [4.69, 9.17) is 5.73 Å². The van der Waals surface area contributed by atoms with Gasteiger partial charge < -0.3 is 16.4 Å². The molecule has 136 valence electrons. The highest BCUT2D eigenvalue weighted by molar-refractivity contribution is 6.04. The number of amides is 2. The summed E-state index contributed by atoms with van der Waals surface area (Å²) in [5.74, 6) is -0.277. The third-order valence-corrected chi connectivity index (χ3v) is 4.06. The van der Waals surface area contributed by atoms with Gasteiger partial charge in [0.15, 0.2) is 0 Å². The molecule has 3 rings (SSSR count). The summed E-state index contributed by atoms with van der Waals surface area (Å²) in [4.78, 5) is 24.4. The molecule has 0 unspecified atom stereocenters. The fourth-order valence-corrected chi connectivity index (χ4v) is 2.63. The molecule has 0 saturated carbocycles. The predicted molar refractivity (Wildman–Crippen MR) is 109 cm³/mol. The van der Waals surface area contributed by atoms with Crippen molar-refractivity contribution in [3.05, 3.63) is 90.0 Å². The van der Waals surface area contributed by atoms with Gasteiger partial charge >= 0.3 is 0 Å². The minimum absolute atomic E-state index is 0.0849. The molecule has 0 spiro atoms. The number of rotatable bonds is 6. The Balaban J connectivity index is 1.56. The molecule has 27 heavy (non-hydrogen) atoms. The lowest BCUT2D eigenvalue weighted by Crippen LogP contribution is -2.14. The molecular formula is C22H21N3O2. The van der Waals surface area contributed by atoms with Crippen LogP contribution in [-0.4, -0.2) is 11.8 Å². The fraction of sp³-hybridized carbons (Fsp3) is 0.0909. The third kappa shape index (κ3) is 5.44. The van der Waals surface area contributed by atoms with Crippen LogP contribution in [0.25, 0.3) is 0 Å². The van der Waals surface area contributed by atoms with Crippen molar-refractivity contribution in [1.29, 1.82) is 0 Å². The molecule has 0 aliphatic rings. The van der Waals surface area contributed by atoms with E-state index in [-0.39, 0.29) is 11.8 Å². The maximum atomic E-state index is 12.2. The van der Waals surface area contributed by atoms with Crippen molar-refractivity contribution in [1.82, 2.24) is 0 Å². The number of aryl methyl sites for hydroxylation is 1. The number of nitrogens with two attached hydrogens (primary N) is 1. The maximum absolute atomic E-state index is 12.2. The van der Waals surface area contributed by atoms with Crippen molar-refractivity contribution in [3.8, 4) is 0 Å². The second-order valence-corrected chi connectivity index (χ2v) is 6.19. The number of hydrogen-bond donors (Lipinski definition) is 3. The van der Waals surface area contributed by atoms with Gasteiger partial charge in [-0.3, -0.25) is 9.59 Å². The Morgan fingerprint density at radius 2 is 1.44 bits per heavy atom. The predicted octanol–water partition coefficient (Wildman–Crippen LogP) is 4.09. The van der Waals surface area contributed by atoms with Crippen molar-refractivity contribution < 1.29 is 9.59 Å². The first-order valence-corrected chi connectivity index (χ1v) is 8.71. The van der Waals surface area contributed by atoms with Gasteiger partial charge in [0.25, 0.3) is 5.91 Å². The Morgan fingerprint density at radius 1 is 0.778 bits per heavy atom. The summed E-state index contributed by atoms with van der Waals surface area (Å²) in [6.45, 7) is 0. The Kier molecular flexibility index (Phi) is 5.84. The Bertz CT molecular complexity index is 922. The van der Waals surface area contributed by atoms with E-state index in [1.807, 2.05) is 42.5 Å². The highest BCUT2D eigenvalue weighted by Gasteiger charge is 2.07. The van der Waals surface area contributed by atoms with E-state index in [0.29, 0.717) is 35.5 Å². The van der Waals surface area contributed by atoms with Crippen LogP contribution in [0.1, 0.15) is 22.3 Å². The monoisotopic (exact) mass is 359 g/mol. The van der Waals surface area contributed by atoms with Gasteiger partial charge in [0.1, 0.15) is 0 Å². The van der Waals surface area contributed by atoms with E-state index in [9.17, 15) is 9.59 Å². The third-order valence-electron chi connectivity index (χ3n) is 4.06. The van der Waals surface area contributed by atoms with E-state index >= 15 is 0 Å². The van der Waals surface area contributed by atoms with Crippen LogP contribution in [0.5, 0.6) is 0 Å². The van der Waals surface area contributed by atoms with Crippen molar-refractivity contribution >= 4 is 28.9 Å². The molecule has 0 heterocycles. The zero-order valence-corrected chi connectivity index (χ0v) is 14.8. The lowest BCUT2D eigenvalue weighted by Gasteiger charge is -2.09. The number of anilines is 3. The standard InChI is InChI=1S/C22H21N3O2/c23-18-12-9-16(10-13-18)11-14-21(26)24-19-7-4-8-20(15-19)25-22(27)17-5-2-1-3-6-17/h1-10,12-13,15H,11,14,23H2,(H,24,26)(H,25,27). The Labute approximate surface area is 158 Å². The number of hydrogen-bond acceptors (Lipinski definition) is 3. The maximum Gasteiger partial charge on any atom is 0.255 e. The van der Waals surface area contributed by atoms with Crippen LogP contribution in [0.4, 0.5) is 17.1 Å². The second kappa shape index (κ2) is 8.67. The molecule has 5 heteroatoms. The highest BCUT2D eigenvalue weighted by Crippen LogP contribution is 2.17. The van der Waals surface area contributed by atoms with Gasteiger partial charge in [0, 0.05) is 29.0 Å². The molecule has 2 amide bonds. The van der Waals surface area contributed by atoms with Crippen LogP contribution in [0.2, 0.25) is 0 Å². The van der Waals surface area contributed by atoms with Crippen molar-refractivity contribution in [2.45, 2.75) is 12.8 Å². The Morgan fingerprint density at radius 3 is 2.15 bits per heavy atom. The first-order chi connectivity index (χ1) is 13.1.